The number of rotatable bonds is 1. The number of aliphatic hydroxyl groups excluding tert-OH is 1. The van der Waals surface area contributed by atoms with Crippen molar-refractivity contribution < 1.29 is 23.8 Å². The second kappa shape index (κ2) is 3.99. The molecule has 0 unspecified atom stereocenters. The monoisotopic (exact) mass is 290 g/mol. The molecule has 0 amide bonds. The first-order chi connectivity index (χ1) is 9.95. The number of carbonyl (C=O) groups excluding carboxylic acids is 1. The molecule has 3 heterocycles. The minimum absolute atomic E-state index is 0.143. The number of epoxide rings is 1. The number of furan rings is 1. The summed E-state index contributed by atoms with van der Waals surface area (Å²) in [4.78, 5) is 12.1. The van der Waals surface area contributed by atoms with Crippen LogP contribution in [0.2, 0.25) is 0 Å². The molecule has 21 heavy (non-hydrogen) atoms. The van der Waals surface area contributed by atoms with Crippen LogP contribution in [-0.4, -0.2) is 22.8 Å². The first-order valence-corrected chi connectivity index (χ1v) is 7.29. The van der Waals surface area contributed by atoms with E-state index in [-0.39, 0.29) is 24.3 Å². The van der Waals surface area contributed by atoms with Gasteiger partial charge in [-0.15, -0.1) is 0 Å². The number of ether oxygens (including phenoxy) is 2. The second-order valence-electron chi connectivity index (χ2n) is 6.52. The van der Waals surface area contributed by atoms with Gasteiger partial charge in [-0.25, -0.2) is 4.79 Å². The van der Waals surface area contributed by atoms with E-state index >= 15 is 0 Å². The van der Waals surface area contributed by atoms with Crippen LogP contribution in [0.25, 0.3) is 0 Å². The fraction of sp³-hybridized carbons (Fsp3) is 0.562. The number of aliphatic hydroxyl groups is 1. The summed E-state index contributed by atoms with van der Waals surface area (Å²) in [6.45, 7) is 3.77. The Hall–Kier alpha value is -1.59. The van der Waals surface area contributed by atoms with Gasteiger partial charge in [0.2, 0.25) is 0 Å². The lowest BCUT2D eigenvalue weighted by Gasteiger charge is -2.23. The minimum Gasteiger partial charge on any atom is -0.468 e. The van der Waals surface area contributed by atoms with Crippen LogP contribution in [0.3, 0.4) is 0 Å². The fourth-order valence-electron chi connectivity index (χ4n) is 3.67. The van der Waals surface area contributed by atoms with Gasteiger partial charge in [-0.2, -0.15) is 0 Å². The molecule has 2 bridgehead atoms. The first-order valence-electron chi connectivity index (χ1n) is 7.29. The predicted octanol–water partition coefficient (Wildman–Crippen LogP) is 1.96. The second-order valence-corrected chi connectivity index (χ2v) is 6.52. The van der Waals surface area contributed by atoms with Gasteiger partial charge in [-0.1, -0.05) is 0 Å². The first kappa shape index (κ1) is 13.1. The summed E-state index contributed by atoms with van der Waals surface area (Å²) in [7, 11) is 0. The molecule has 112 valence electrons. The van der Waals surface area contributed by atoms with Crippen LogP contribution in [0, 0.1) is 0 Å². The van der Waals surface area contributed by atoms with Crippen molar-refractivity contribution in [3.8, 4) is 0 Å². The molecule has 2 aliphatic heterocycles. The van der Waals surface area contributed by atoms with Gasteiger partial charge in [0, 0.05) is 23.1 Å². The van der Waals surface area contributed by atoms with E-state index in [4.69, 9.17) is 13.9 Å². The molecule has 1 N–H and O–H groups in total. The van der Waals surface area contributed by atoms with Gasteiger partial charge in [0.25, 0.3) is 0 Å². The molecule has 4 rings (SSSR count). The summed E-state index contributed by atoms with van der Waals surface area (Å²) in [6, 6.07) is 0. The van der Waals surface area contributed by atoms with Crippen LogP contribution < -0.4 is 0 Å². The van der Waals surface area contributed by atoms with Crippen LogP contribution in [0.5, 0.6) is 0 Å². The lowest BCUT2D eigenvalue weighted by Crippen LogP contribution is -2.25. The number of carbonyl (C=O) groups is 1. The minimum atomic E-state index is -0.856. The average molecular weight is 290 g/mol. The Bertz CT molecular complexity index is 658. The van der Waals surface area contributed by atoms with E-state index in [0.717, 1.165) is 17.7 Å². The molecule has 1 saturated heterocycles. The zero-order chi connectivity index (χ0) is 14.8. The Labute approximate surface area is 122 Å². The highest BCUT2D eigenvalue weighted by atomic mass is 16.6. The number of fused-ring (bicyclic) bond motifs is 4. The Morgan fingerprint density at radius 3 is 3.00 bits per heavy atom. The third-order valence-corrected chi connectivity index (χ3v) is 4.85. The van der Waals surface area contributed by atoms with Crippen molar-refractivity contribution in [3.63, 3.8) is 0 Å². The third kappa shape index (κ3) is 1.80. The maximum absolute atomic E-state index is 12.1. The smallest absolute Gasteiger partial charge is 0.335 e. The lowest BCUT2D eigenvalue weighted by molar-refractivity contribution is -0.146. The molecular weight excluding hydrogens is 272 g/mol. The molecule has 5 heteroatoms. The van der Waals surface area contributed by atoms with Crippen molar-refractivity contribution >= 4 is 5.97 Å². The van der Waals surface area contributed by atoms with E-state index < -0.39 is 5.60 Å². The maximum Gasteiger partial charge on any atom is 0.335 e. The van der Waals surface area contributed by atoms with Crippen molar-refractivity contribution in [1.82, 2.24) is 0 Å². The van der Waals surface area contributed by atoms with Crippen molar-refractivity contribution in [3.05, 3.63) is 34.8 Å². The standard InChI is InChI=1S/C16H18O5/c1-15-6-11-13(10(7-17)8-19-11)16(2)5-9(14(18)21-16)3-4-12(15)20-15/h5,8,12,17H,3-4,6-7H2,1-2H3/t12-,15-,16+/m0/s1. The number of esters is 1. The average Bonchev–Trinajstić information content (AvgIpc) is 2.77. The molecule has 0 saturated carbocycles. The van der Waals surface area contributed by atoms with Crippen LogP contribution in [0.15, 0.2) is 22.3 Å². The van der Waals surface area contributed by atoms with Crippen LogP contribution >= 0.6 is 0 Å². The van der Waals surface area contributed by atoms with Gasteiger partial charge in [0.15, 0.2) is 5.60 Å². The highest BCUT2D eigenvalue weighted by Gasteiger charge is 2.55. The molecular formula is C16H18O5. The Balaban J connectivity index is 1.88. The summed E-state index contributed by atoms with van der Waals surface area (Å²) in [6.07, 6.45) is 5.67. The highest BCUT2D eigenvalue weighted by Crippen LogP contribution is 2.48. The molecule has 1 aromatic rings. The Morgan fingerprint density at radius 1 is 1.43 bits per heavy atom. The topological polar surface area (TPSA) is 72.2 Å². The van der Waals surface area contributed by atoms with Crippen LogP contribution in [0.4, 0.5) is 0 Å². The molecule has 3 atom stereocenters. The van der Waals surface area contributed by atoms with E-state index in [0.29, 0.717) is 24.0 Å². The molecule has 0 aromatic carbocycles. The Kier molecular flexibility index (Phi) is 2.49. The largest absolute Gasteiger partial charge is 0.468 e. The van der Waals surface area contributed by atoms with E-state index in [1.54, 1.807) is 6.26 Å². The van der Waals surface area contributed by atoms with Gasteiger partial charge in [0.05, 0.1) is 24.6 Å². The molecule has 1 aromatic heterocycles. The van der Waals surface area contributed by atoms with Gasteiger partial charge in [0.1, 0.15) is 5.76 Å². The molecule has 5 nitrogen and oxygen atoms in total. The summed E-state index contributed by atoms with van der Waals surface area (Å²) in [5.74, 6) is 0.455. The quantitative estimate of drug-likeness (QED) is 0.632. The molecule has 0 spiro atoms. The summed E-state index contributed by atoms with van der Waals surface area (Å²) in [5.41, 5.74) is 1.03. The van der Waals surface area contributed by atoms with Crippen molar-refractivity contribution in [2.24, 2.45) is 0 Å². The summed E-state index contributed by atoms with van der Waals surface area (Å²) in [5, 5.41) is 9.57. The third-order valence-electron chi connectivity index (χ3n) is 4.85. The summed E-state index contributed by atoms with van der Waals surface area (Å²) >= 11 is 0. The predicted molar refractivity (Wildman–Crippen MR) is 72.4 cm³/mol. The van der Waals surface area contributed by atoms with Crippen molar-refractivity contribution in [2.45, 2.75) is 57.0 Å². The normalized spacial score (nSPS) is 37.4. The van der Waals surface area contributed by atoms with E-state index in [9.17, 15) is 9.90 Å². The molecule has 0 radical (unpaired) electrons. The van der Waals surface area contributed by atoms with Gasteiger partial charge in [-0.3, -0.25) is 0 Å². The van der Waals surface area contributed by atoms with Gasteiger partial charge < -0.3 is 19.0 Å². The van der Waals surface area contributed by atoms with Gasteiger partial charge >= 0.3 is 5.97 Å². The molecule has 3 aliphatic rings. The van der Waals surface area contributed by atoms with Gasteiger partial charge in [-0.05, 0) is 32.8 Å². The van der Waals surface area contributed by atoms with Crippen molar-refractivity contribution in [1.29, 1.82) is 0 Å². The van der Waals surface area contributed by atoms with Crippen molar-refractivity contribution in [2.75, 3.05) is 0 Å². The fourth-order valence-corrected chi connectivity index (χ4v) is 3.67. The highest BCUT2D eigenvalue weighted by molar-refractivity contribution is 5.91. The van der Waals surface area contributed by atoms with Crippen LogP contribution in [0.1, 0.15) is 43.6 Å². The molecule has 1 fully saturated rings. The molecule has 1 aliphatic carbocycles. The number of hydrogen-bond acceptors (Lipinski definition) is 5. The van der Waals surface area contributed by atoms with E-state index in [2.05, 4.69) is 6.92 Å². The zero-order valence-corrected chi connectivity index (χ0v) is 12.1. The number of hydrogen-bond donors (Lipinski definition) is 1. The lowest BCUT2D eigenvalue weighted by atomic mass is 9.86. The van der Waals surface area contributed by atoms with Crippen LogP contribution in [-0.2, 0) is 32.9 Å². The maximum atomic E-state index is 12.1. The SMILES string of the molecule is C[C@@]12C=C(CC[C@@H]3O[C@@]3(C)Cc3occ(CO)c31)C(=O)O2. The van der Waals surface area contributed by atoms with E-state index in [1.165, 1.54) is 0 Å². The summed E-state index contributed by atoms with van der Waals surface area (Å²) < 4.78 is 17.1. The Morgan fingerprint density at radius 2 is 2.24 bits per heavy atom. The zero-order valence-electron chi connectivity index (χ0n) is 12.1. The van der Waals surface area contributed by atoms with E-state index in [1.807, 2.05) is 13.0 Å².